The van der Waals surface area contributed by atoms with Gasteiger partial charge in [0.15, 0.2) is 0 Å². The summed E-state index contributed by atoms with van der Waals surface area (Å²) in [5, 5.41) is 12.6. The Morgan fingerprint density at radius 1 is 1.14 bits per heavy atom. The van der Waals surface area contributed by atoms with Crippen molar-refractivity contribution in [3.63, 3.8) is 0 Å². The molecule has 0 radical (unpaired) electrons. The number of hydrogen-bond acceptors (Lipinski definition) is 3. The molecule has 118 valence electrons. The maximum atomic E-state index is 11.4. The molecule has 4 nitrogen and oxygen atoms in total. The van der Waals surface area contributed by atoms with Gasteiger partial charge in [0, 0.05) is 19.6 Å². The molecule has 0 aromatic rings. The second kappa shape index (κ2) is 5.24. The molecule has 1 unspecified atom stereocenters. The highest BCUT2D eigenvalue weighted by Gasteiger charge is 2.50. The highest BCUT2D eigenvalue weighted by Crippen LogP contribution is 2.61. The molecule has 1 atom stereocenters. The van der Waals surface area contributed by atoms with Gasteiger partial charge in [0.1, 0.15) is 6.04 Å². The Labute approximate surface area is 127 Å². The van der Waals surface area contributed by atoms with Crippen molar-refractivity contribution in [1.82, 2.24) is 10.2 Å². The molecule has 5 rings (SSSR count). The van der Waals surface area contributed by atoms with Gasteiger partial charge in [-0.25, -0.2) is 0 Å². The molecule has 4 aliphatic carbocycles. The van der Waals surface area contributed by atoms with Gasteiger partial charge in [-0.1, -0.05) is 0 Å². The maximum Gasteiger partial charge on any atom is 0.322 e. The first-order valence-corrected chi connectivity index (χ1v) is 8.81. The molecular weight excluding hydrogens is 264 g/mol. The Kier molecular flexibility index (Phi) is 3.49. The van der Waals surface area contributed by atoms with E-state index in [0.717, 1.165) is 37.4 Å². The number of carboxylic acids is 1. The highest BCUT2D eigenvalue weighted by molar-refractivity contribution is 5.73. The third-order valence-corrected chi connectivity index (χ3v) is 6.73. The van der Waals surface area contributed by atoms with Crippen LogP contribution in [0.1, 0.15) is 44.9 Å². The molecule has 0 amide bonds. The summed E-state index contributed by atoms with van der Waals surface area (Å²) in [5.74, 6) is 2.33. The molecule has 0 aromatic heterocycles. The summed E-state index contributed by atoms with van der Waals surface area (Å²) in [6.07, 6.45) is 10.0. The lowest BCUT2D eigenvalue weighted by molar-refractivity contribution is -0.144. The van der Waals surface area contributed by atoms with E-state index in [1.807, 2.05) is 0 Å². The summed E-state index contributed by atoms with van der Waals surface area (Å²) >= 11 is 0. The minimum Gasteiger partial charge on any atom is -0.480 e. The number of carboxylic acid groups (broad SMARTS) is 1. The standard InChI is InChI=1S/C17H28N2O2/c20-16(21)15-11-18-2-4-19(15)3-1-17-8-12-5-13(9-17)7-14(6-12)10-17/h12-15,18H,1-11H2,(H,20,21). The largest absolute Gasteiger partial charge is 0.480 e. The van der Waals surface area contributed by atoms with E-state index in [1.54, 1.807) is 0 Å². The SMILES string of the molecule is O=C(O)C1CNCCN1CCC12CC3CC(CC(C3)C1)C2. The van der Waals surface area contributed by atoms with Crippen molar-refractivity contribution >= 4 is 5.97 Å². The molecule has 1 saturated heterocycles. The first kappa shape index (κ1) is 14.0. The van der Waals surface area contributed by atoms with Gasteiger partial charge in [-0.05, 0) is 74.7 Å². The van der Waals surface area contributed by atoms with Crippen LogP contribution in [-0.2, 0) is 4.79 Å². The van der Waals surface area contributed by atoms with Crippen molar-refractivity contribution in [2.75, 3.05) is 26.2 Å². The highest BCUT2D eigenvalue weighted by atomic mass is 16.4. The van der Waals surface area contributed by atoms with Gasteiger partial charge in [-0.15, -0.1) is 0 Å². The van der Waals surface area contributed by atoms with Gasteiger partial charge in [-0.2, -0.15) is 0 Å². The second-order valence-electron chi connectivity index (χ2n) is 8.26. The minimum absolute atomic E-state index is 0.312. The lowest BCUT2D eigenvalue weighted by Crippen LogP contribution is -2.56. The maximum absolute atomic E-state index is 11.4. The normalized spacial score (nSPS) is 45.9. The molecule has 2 N–H and O–H groups in total. The molecule has 1 aliphatic heterocycles. The smallest absolute Gasteiger partial charge is 0.322 e. The molecule has 5 fully saturated rings. The number of hydrogen-bond donors (Lipinski definition) is 2. The van der Waals surface area contributed by atoms with Crippen LogP contribution in [0, 0.1) is 23.2 Å². The van der Waals surface area contributed by atoms with Gasteiger partial charge in [-0.3, -0.25) is 9.69 Å². The van der Waals surface area contributed by atoms with Crippen LogP contribution in [0.5, 0.6) is 0 Å². The fourth-order valence-corrected chi connectivity index (χ4v) is 6.23. The van der Waals surface area contributed by atoms with E-state index in [-0.39, 0.29) is 6.04 Å². The Balaban J connectivity index is 1.41. The molecule has 4 heteroatoms. The van der Waals surface area contributed by atoms with Crippen molar-refractivity contribution < 1.29 is 9.90 Å². The predicted octanol–water partition coefficient (Wildman–Crippen LogP) is 1.95. The average molecular weight is 292 g/mol. The number of nitrogens with zero attached hydrogens (tertiary/aromatic N) is 1. The molecule has 0 aromatic carbocycles. The minimum atomic E-state index is -0.660. The molecule has 4 saturated carbocycles. The first-order valence-electron chi connectivity index (χ1n) is 8.81. The first-order chi connectivity index (χ1) is 10.1. The summed E-state index contributed by atoms with van der Waals surface area (Å²) in [7, 11) is 0. The van der Waals surface area contributed by atoms with Gasteiger partial charge in [0.05, 0.1) is 0 Å². The van der Waals surface area contributed by atoms with Crippen LogP contribution >= 0.6 is 0 Å². The number of nitrogens with one attached hydrogen (secondary N) is 1. The van der Waals surface area contributed by atoms with Crippen LogP contribution in [0.25, 0.3) is 0 Å². The van der Waals surface area contributed by atoms with E-state index < -0.39 is 5.97 Å². The lowest BCUT2D eigenvalue weighted by Gasteiger charge is -2.57. The van der Waals surface area contributed by atoms with E-state index >= 15 is 0 Å². The zero-order valence-electron chi connectivity index (χ0n) is 12.9. The topological polar surface area (TPSA) is 52.6 Å². The fourth-order valence-electron chi connectivity index (χ4n) is 6.23. The number of piperazine rings is 1. The number of carbonyl (C=O) groups is 1. The van der Waals surface area contributed by atoms with Crippen LogP contribution < -0.4 is 5.32 Å². The van der Waals surface area contributed by atoms with Crippen molar-refractivity contribution in [2.24, 2.45) is 23.2 Å². The van der Waals surface area contributed by atoms with E-state index in [1.165, 1.54) is 44.9 Å². The average Bonchev–Trinajstić information content (AvgIpc) is 2.44. The van der Waals surface area contributed by atoms with Crippen LogP contribution in [0.3, 0.4) is 0 Å². The molecule has 4 bridgehead atoms. The van der Waals surface area contributed by atoms with Crippen molar-refractivity contribution in [1.29, 1.82) is 0 Å². The lowest BCUT2D eigenvalue weighted by atomic mass is 9.49. The van der Waals surface area contributed by atoms with E-state index in [0.29, 0.717) is 12.0 Å². The van der Waals surface area contributed by atoms with Crippen LogP contribution in [0.4, 0.5) is 0 Å². The van der Waals surface area contributed by atoms with Crippen LogP contribution in [0.2, 0.25) is 0 Å². The molecule has 21 heavy (non-hydrogen) atoms. The monoisotopic (exact) mass is 292 g/mol. The third-order valence-electron chi connectivity index (χ3n) is 6.73. The second-order valence-corrected chi connectivity index (χ2v) is 8.26. The predicted molar refractivity (Wildman–Crippen MR) is 81.1 cm³/mol. The molecule has 1 heterocycles. The van der Waals surface area contributed by atoms with Gasteiger partial charge < -0.3 is 10.4 Å². The molecule has 5 aliphatic rings. The van der Waals surface area contributed by atoms with Crippen molar-refractivity contribution in [3.05, 3.63) is 0 Å². The third kappa shape index (κ3) is 2.61. The Morgan fingerprint density at radius 2 is 1.76 bits per heavy atom. The number of rotatable bonds is 4. The Bertz CT molecular complexity index is 388. The van der Waals surface area contributed by atoms with Gasteiger partial charge in [0.2, 0.25) is 0 Å². The summed E-state index contributed by atoms with van der Waals surface area (Å²) < 4.78 is 0. The van der Waals surface area contributed by atoms with E-state index in [9.17, 15) is 9.90 Å². The summed E-state index contributed by atoms with van der Waals surface area (Å²) in [6, 6.07) is -0.312. The van der Waals surface area contributed by atoms with E-state index in [2.05, 4.69) is 10.2 Å². The molecule has 0 spiro atoms. The Hall–Kier alpha value is -0.610. The van der Waals surface area contributed by atoms with Crippen LogP contribution in [0.15, 0.2) is 0 Å². The summed E-state index contributed by atoms with van der Waals surface area (Å²) in [5.41, 5.74) is 0.572. The van der Waals surface area contributed by atoms with Gasteiger partial charge >= 0.3 is 5.97 Å². The quantitative estimate of drug-likeness (QED) is 0.831. The van der Waals surface area contributed by atoms with Crippen LogP contribution in [-0.4, -0.2) is 48.2 Å². The van der Waals surface area contributed by atoms with Crippen molar-refractivity contribution in [3.8, 4) is 0 Å². The summed E-state index contributed by atoms with van der Waals surface area (Å²) in [4.78, 5) is 13.6. The van der Waals surface area contributed by atoms with Crippen molar-refractivity contribution in [2.45, 2.75) is 51.0 Å². The fraction of sp³-hybridized carbons (Fsp3) is 0.941. The zero-order valence-corrected chi connectivity index (χ0v) is 12.9. The van der Waals surface area contributed by atoms with E-state index in [4.69, 9.17) is 0 Å². The number of aliphatic carboxylic acids is 1. The summed E-state index contributed by atoms with van der Waals surface area (Å²) in [6.45, 7) is 3.43. The van der Waals surface area contributed by atoms with Gasteiger partial charge in [0.25, 0.3) is 0 Å². The zero-order chi connectivity index (χ0) is 14.4. The Morgan fingerprint density at radius 3 is 2.33 bits per heavy atom. The molecular formula is C17H28N2O2.